The van der Waals surface area contributed by atoms with E-state index in [9.17, 15) is 19.8 Å². The van der Waals surface area contributed by atoms with Gasteiger partial charge in [-0.15, -0.1) is 0 Å². The fourth-order valence-corrected chi connectivity index (χ4v) is 12.5. The Kier molecular flexibility index (Phi) is 71.8. The molecule has 494 valence electrons. The summed E-state index contributed by atoms with van der Waals surface area (Å²) in [7, 11) is 0. The van der Waals surface area contributed by atoms with Gasteiger partial charge in [0.05, 0.1) is 25.4 Å². The molecule has 0 aliphatic carbocycles. The van der Waals surface area contributed by atoms with E-state index in [1.54, 1.807) is 0 Å². The first-order valence-electron chi connectivity index (χ1n) is 38.4. The molecule has 0 aromatic rings. The third kappa shape index (κ3) is 69.6. The Bertz CT molecular complexity index is 1260. The highest BCUT2D eigenvalue weighted by atomic mass is 16.5. The van der Waals surface area contributed by atoms with Crippen LogP contribution in [0.15, 0.2) is 12.2 Å². The summed E-state index contributed by atoms with van der Waals surface area (Å²) in [6.07, 6.45) is 91.5. The predicted octanol–water partition coefficient (Wildman–Crippen LogP) is 25.1. The molecule has 0 radical (unpaired) electrons. The van der Waals surface area contributed by atoms with Crippen LogP contribution in [-0.2, 0) is 14.3 Å². The predicted molar refractivity (Wildman–Crippen MR) is 366 cm³/mol. The van der Waals surface area contributed by atoms with E-state index in [2.05, 4.69) is 31.3 Å². The molecule has 0 saturated carbocycles. The number of unbranched alkanes of at least 4 members (excludes halogenated alkanes) is 60. The second-order valence-corrected chi connectivity index (χ2v) is 26.7. The Labute approximate surface area is 520 Å². The van der Waals surface area contributed by atoms with Crippen LogP contribution >= 0.6 is 0 Å². The van der Waals surface area contributed by atoms with E-state index in [4.69, 9.17) is 4.74 Å². The van der Waals surface area contributed by atoms with Gasteiger partial charge in [-0.25, -0.2) is 0 Å². The Hall–Kier alpha value is -1.40. The van der Waals surface area contributed by atoms with Crippen molar-refractivity contribution in [2.75, 3.05) is 13.2 Å². The van der Waals surface area contributed by atoms with Crippen LogP contribution in [0, 0.1) is 0 Å². The zero-order valence-corrected chi connectivity index (χ0v) is 56.7. The molecule has 0 rings (SSSR count). The van der Waals surface area contributed by atoms with Crippen LogP contribution in [0.4, 0.5) is 0 Å². The lowest BCUT2D eigenvalue weighted by Crippen LogP contribution is -2.45. The number of carbonyl (C=O) groups excluding carboxylic acids is 2. The van der Waals surface area contributed by atoms with Crippen molar-refractivity contribution in [3.63, 3.8) is 0 Å². The Balaban J connectivity index is 3.33. The number of carbonyl (C=O) groups is 2. The molecule has 0 aliphatic heterocycles. The largest absolute Gasteiger partial charge is 0.466 e. The molecule has 3 N–H and O–H groups in total. The molecule has 0 aliphatic rings. The third-order valence-electron chi connectivity index (χ3n) is 18.3. The lowest BCUT2D eigenvalue weighted by molar-refractivity contribution is -0.143. The number of esters is 1. The van der Waals surface area contributed by atoms with Crippen LogP contribution in [0.1, 0.15) is 444 Å². The van der Waals surface area contributed by atoms with Gasteiger partial charge < -0.3 is 20.3 Å². The quantitative estimate of drug-likeness (QED) is 0.0320. The maximum Gasteiger partial charge on any atom is 0.305 e. The van der Waals surface area contributed by atoms with Gasteiger partial charge in [0.25, 0.3) is 0 Å². The normalized spacial score (nSPS) is 12.5. The van der Waals surface area contributed by atoms with Crippen LogP contribution < -0.4 is 5.32 Å². The van der Waals surface area contributed by atoms with E-state index in [0.29, 0.717) is 25.9 Å². The number of aliphatic hydroxyl groups is 2. The average molecular weight is 1170 g/mol. The maximum absolute atomic E-state index is 12.5. The van der Waals surface area contributed by atoms with Crippen LogP contribution in [-0.4, -0.2) is 47.4 Å². The van der Waals surface area contributed by atoms with Gasteiger partial charge in [0, 0.05) is 12.8 Å². The third-order valence-corrected chi connectivity index (χ3v) is 18.3. The zero-order valence-electron chi connectivity index (χ0n) is 56.7. The molecule has 0 aromatic heterocycles. The zero-order chi connectivity index (χ0) is 59.9. The van der Waals surface area contributed by atoms with E-state index in [0.717, 1.165) is 38.5 Å². The second-order valence-electron chi connectivity index (χ2n) is 26.7. The highest BCUT2D eigenvalue weighted by Crippen LogP contribution is 2.20. The van der Waals surface area contributed by atoms with Crippen molar-refractivity contribution in [1.29, 1.82) is 0 Å². The molecule has 1 amide bonds. The molecule has 6 nitrogen and oxygen atoms in total. The molecule has 0 saturated heterocycles. The lowest BCUT2D eigenvalue weighted by Gasteiger charge is -2.22. The van der Waals surface area contributed by atoms with Crippen LogP contribution in [0.3, 0.4) is 0 Å². The average Bonchev–Trinajstić information content (AvgIpc) is 3.49. The van der Waals surface area contributed by atoms with Crippen molar-refractivity contribution < 1.29 is 24.5 Å². The SMILES string of the molecule is CCCCCCCCCCCCCCCCCCCCCC(=O)OCCCCCCCCCCCCCC/C=C\CCCCCCCCCCCCCCCCCC(=O)NC(CO)C(O)CCCCCCCCCCCCCCCCCC. The van der Waals surface area contributed by atoms with Crippen LogP contribution in [0.25, 0.3) is 0 Å². The van der Waals surface area contributed by atoms with Gasteiger partial charge in [0.15, 0.2) is 0 Å². The van der Waals surface area contributed by atoms with Crippen LogP contribution in [0.5, 0.6) is 0 Å². The first-order valence-corrected chi connectivity index (χ1v) is 38.4. The van der Waals surface area contributed by atoms with Crippen molar-refractivity contribution >= 4 is 11.9 Å². The summed E-state index contributed by atoms with van der Waals surface area (Å²) in [5, 5.41) is 23.4. The summed E-state index contributed by atoms with van der Waals surface area (Å²) in [6.45, 7) is 5.01. The molecule has 0 fully saturated rings. The molecular weight excluding hydrogens is 1020 g/mol. The summed E-state index contributed by atoms with van der Waals surface area (Å²) < 4.78 is 5.52. The molecule has 6 heteroatoms. The number of amides is 1. The monoisotopic (exact) mass is 1170 g/mol. The Morgan fingerprint density at radius 2 is 0.566 bits per heavy atom. The number of aliphatic hydroxyl groups excluding tert-OH is 2. The number of rotatable bonds is 73. The second kappa shape index (κ2) is 73.1. The van der Waals surface area contributed by atoms with Crippen molar-refractivity contribution in [3.05, 3.63) is 12.2 Å². The minimum absolute atomic E-state index is 0.0237. The lowest BCUT2D eigenvalue weighted by atomic mass is 10.0. The molecule has 83 heavy (non-hydrogen) atoms. The summed E-state index contributed by atoms with van der Waals surface area (Å²) in [5.41, 5.74) is 0. The summed E-state index contributed by atoms with van der Waals surface area (Å²) in [4.78, 5) is 24.7. The Morgan fingerprint density at radius 3 is 0.855 bits per heavy atom. The highest BCUT2D eigenvalue weighted by Gasteiger charge is 2.20. The summed E-state index contributed by atoms with van der Waals surface area (Å²) in [5.74, 6) is -0.00508. The van der Waals surface area contributed by atoms with Crippen molar-refractivity contribution in [3.8, 4) is 0 Å². The smallest absolute Gasteiger partial charge is 0.305 e. The van der Waals surface area contributed by atoms with Gasteiger partial charge in [0.2, 0.25) is 5.91 Å². The molecule has 0 spiro atoms. The van der Waals surface area contributed by atoms with Gasteiger partial charge >= 0.3 is 5.97 Å². The summed E-state index contributed by atoms with van der Waals surface area (Å²) >= 11 is 0. The maximum atomic E-state index is 12.5. The summed E-state index contributed by atoms with van der Waals surface area (Å²) in [6, 6.07) is -0.539. The van der Waals surface area contributed by atoms with E-state index in [1.807, 2.05) is 0 Å². The first kappa shape index (κ1) is 81.6. The number of allylic oxidation sites excluding steroid dienone is 2. The van der Waals surface area contributed by atoms with Crippen molar-refractivity contribution in [1.82, 2.24) is 5.32 Å². The molecular formula is C77H151NO5. The van der Waals surface area contributed by atoms with Crippen molar-refractivity contribution in [2.45, 2.75) is 456 Å². The van der Waals surface area contributed by atoms with Crippen molar-refractivity contribution in [2.24, 2.45) is 0 Å². The van der Waals surface area contributed by atoms with Crippen LogP contribution in [0.2, 0.25) is 0 Å². The van der Waals surface area contributed by atoms with Gasteiger partial charge in [-0.3, -0.25) is 9.59 Å². The standard InChI is InChI=1S/C77H151NO5/c1-3-5-7-9-11-13-15-17-19-21-35-39-43-47-51-55-59-63-67-71-77(82)83-72-68-64-60-56-52-48-44-40-37-34-32-30-28-26-24-22-23-25-27-29-31-33-36-38-42-46-50-54-58-62-66-70-76(81)78-74(73-79)75(80)69-65-61-57-53-49-45-41-20-18-16-14-12-10-8-6-4-2/h24,26,74-75,79-80H,3-23,25,27-73H2,1-2H3,(H,78,81)/b26-24-. The van der Waals surface area contributed by atoms with Gasteiger partial charge in [-0.1, -0.05) is 392 Å². The topological polar surface area (TPSA) is 95.9 Å². The van der Waals surface area contributed by atoms with Gasteiger partial charge in [0.1, 0.15) is 0 Å². The van der Waals surface area contributed by atoms with E-state index in [-0.39, 0.29) is 18.5 Å². The van der Waals surface area contributed by atoms with E-state index in [1.165, 1.54) is 372 Å². The fraction of sp³-hybridized carbons (Fsp3) is 0.948. The number of ether oxygens (including phenoxy) is 1. The highest BCUT2D eigenvalue weighted by molar-refractivity contribution is 5.76. The Morgan fingerprint density at radius 1 is 0.325 bits per heavy atom. The molecule has 2 unspecified atom stereocenters. The molecule has 0 aromatic carbocycles. The minimum atomic E-state index is -0.662. The van der Waals surface area contributed by atoms with E-state index >= 15 is 0 Å². The molecule has 0 bridgehead atoms. The van der Waals surface area contributed by atoms with Gasteiger partial charge in [-0.2, -0.15) is 0 Å². The fourth-order valence-electron chi connectivity index (χ4n) is 12.5. The number of hydrogen-bond donors (Lipinski definition) is 3. The van der Waals surface area contributed by atoms with Gasteiger partial charge in [-0.05, 0) is 51.4 Å². The minimum Gasteiger partial charge on any atom is -0.466 e. The van der Waals surface area contributed by atoms with E-state index < -0.39 is 12.1 Å². The molecule has 0 heterocycles. The number of hydrogen-bond acceptors (Lipinski definition) is 5. The first-order chi connectivity index (χ1) is 41.0. The molecule has 2 atom stereocenters. The number of nitrogens with one attached hydrogen (secondary N) is 1.